The van der Waals surface area contributed by atoms with Crippen LogP contribution in [0.5, 0.6) is 5.88 Å². The van der Waals surface area contributed by atoms with Crippen LogP contribution in [0, 0.1) is 6.92 Å². The molecule has 22 heavy (non-hydrogen) atoms. The zero-order chi connectivity index (χ0) is 15.5. The van der Waals surface area contributed by atoms with Crippen LogP contribution in [0.1, 0.15) is 24.7 Å². The third kappa shape index (κ3) is 3.01. The van der Waals surface area contributed by atoms with Crippen molar-refractivity contribution in [3.8, 4) is 5.88 Å². The Balaban J connectivity index is 1.62. The smallest absolute Gasteiger partial charge is 0.243 e. The van der Waals surface area contributed by atoms with E-state index in [2.05, 4.69) is 36.8 Å². The summed E-state index contributed by atoms with van der Waals surface area (Å²) in [6.07, 6.45) is 1.72. The molecule has 0 saturated carbocycles. The quantitative estimate of drug-likeness (QED) is 0.829. The molecule has 2 aromatic rings. The Kier molecular flexibility index (Phi) is 4.19. The second-order valence-electron chi connectivity index (χ2n) is 5.28. The maximum absolute atomic E-state index is 5.26. The van der Waals surface area contributed by atoms with Gasteiger partial charge in [-0.1, -0.05) is 5.16 Å². The molecule has 0 spiro atoms. The first-order chi connectivity index (χ1) is 10.7. The topological polar surface area (TPSA) is 80.4 Å². The molecule has 1 saturated heterocycles. The zero-order valence-corrected chi connectivity index (χ0v) is 13.1. The Labute approximate surface area is 129 Å². The van der Waals surface area contributed by atoms with Crippen molar-refractivity contribution in [2.24, 2.45) is 0 Å². The Morgan fingerprint density at radius 3 is 2.64 bits per heavy atom. The highest BCUT2D eigenvalue weighted by Crippen LogP contribution is 2.21. The SMILES string of the molecule is COc1ccnc(N2CCN([C@@H](C)c3nc(C)no3)CC2)n1. The van der Waals surface area contributed by atoms with Crippen LogP contribution in [0.2, 0.25) is 0 Å². The lowest BCUT2D eigenvalue weighted by molar-refractivity contribution is 0.163. The summed E-state index contributed by atoms with van der Waals surface area (Å²) in [6, 6.07) is 1.87. The van der Waals surface area contributed by atoms with Crippen molar-refractivity contribution in [1.29, 1.82) is 0 Å². The summed E-state index contributed by atoms with van der Waals surface area (Å²) >= 11 is 0. The van der Waals surface area contributed by atoms with Crippen molar-refractivity contribution in [1.82, 2.24) is 25.0 Å². The minimum atomic E-state index is 0.120. The maximum atomic E-state index is 5.26. The average Bonchev–Trinajstić information content (AvgIpc) is 3.01. The summed E-state index contributed by atoms with van der Waals surface area (Å²) in [6.45, 7) is 7.41. The number of piperazine rings is 1. The lowest BCUT2D eigenvalue weighted by Crippen LogP contribution is -2.47. The van der Waals surface area contributed by atoms with Crippen LogP contribution < -0.4 is 9.64 Å². The van der Waals surface area contributed by atoms with E-state index in [0.717, 1.165) is 26.2 Å². The molecular formula is C14H20N6O2. The first kappa shape index (κ1) is 14.7. The van der Waals surface area contributed by atoms with Gasteiger partial charge in [-0.15, -0.1) is 0 Å². The van der Waals surface area contributed by atoms with Crippen LogP contribution in [0.3, 0.4) is 0 Å². The van der Waals surface area contributed by atoms with E-state index >= 15 is 0 Å². The second-order valence-corrected chi connectivity index (χ2v) is 5.28. The van der Waals surface area contributed by atoms with Gasteiger partial charge in [-0.25, -0.2) is 4.98 Å². The fourth-order valence-corrected chi connectivity index (χ4v) is 2.55. The lowest BCUT2D eigenvalue weighted by atomic mass is 10.2. The fraction of sp³-hybridized carbons (Fsp3) is 0.571. The summed E-state index contributed by atoms with van der Waals surface area (Å²) in [5.41, 5.74) is 0. The van der Waals surface area contributed by atoms with E-state index in [4.69, 9.17) is 9.26 Å². The summed E-state index contributed by atoms with van der Waals surface area (Å²) in [4.78, 5) is 17.5. The third-order valence-corrected chi connectivity index (χ3v) is 3.87. The highest BCUT2D eigenvalue weighted by Gasteiger charge is 2.26. The number of rotatable bonds is 4. The van der Waals surface area contributed by atoms with Crippen LogP contribution in [0.4, 0.5) is 5.95 Å². The zero-order valence-electron chi connectivity index (χ0n) is 13.1. The molecule has 3 heterocycles. The molecule has 1 fully saturated rings. The third-order valence-electron chi connectivity index (χ3n) is 3.87. The van der Waals surface area contributed by atoms with E-state index in [1.165, 1.54) is 0 Å². The van der Waals surface area contributed by atoms with Crippen LogP contribution in [-0.4, -0.2) is 58.3 Å². The molecule has 0 bridgehead atoms. The number of methoxy groups -OCH3 is 1. The van der Waals surface area contributed by atoms with Gasteiger partial charge in [0.2, 0.25) is 17.7 Å². The van der Waals surface area contributed by atoms with E-state index in [1.807, 2.05) is 6.92 Å². The normalized spacial score (nSPS) is 17.5. The Morgan fingerprint density at radius 2 is 2.00 bits per heavy atom. The molecule has 3 rings (SSSR count). The van der Waals surface area contributed by atoms with Gasteiger partial charge in [0.15, 0.2) is 5.82 Å². The van der Waals surface area contributed by atoms with E-state index in [1.54, 1.807) is 19.4 Å². The highest BCUT2D eigenvalue weighted by atomic mass is 16.5. The predicted molar refractivity (Wildman–Crippen MR) is 79.8 cm³/mol. The van der Waals surface area contributed by atoms with Crippen molar-refractivity contribution < 1.29 is 9.26 Å². The molecule has 0 aromatic carbocycles. The van der Waals surface area contributed by atoms with Crippen LogP contribution >= 0.6 is 0 Å². The predicted octanol–water partition coefficient (Wildman–Crippen LogP) is 1.06. The maximum Gasteiger partial charge on any atom is 0.243 e. The second kappa shape index (κ2) is 6.27. The van der Waals surface area contributed by atoms with Crippen LogP contribution in [0.25, 0.3) is 0 Å². The number of anilines is 1. The molecule has 0 amide bonds. The number of ether oxygens (including phenoxy) is 1. The van der Waals surface area contributed by atoms with Gasteiger partial charge in [-0.3, -0.25) is 4.90 Å². The monoisotopic (exact) mass is 304 g/mol. The number of aromatic nitrogens is 4. The van der Waals surface area contributed by atoms with Crippen molar-refractivity contribution >= 4 is 5.95 Å². The van der Waals surface area contributed by atoms with Gasteiger partial charge in [-0.2, -0.15) is 9.97 Å². The van der Waals surface area contributed by atoms with E-state index in [-0.39, 0.29) is 6.04 Å². The summed E-state index contributed by atoms with van der Waals surface area (Å²) in [5, 5.41) is 3.86. The lowest BCUT2D eigenvalue weighted by Gasteiger charge is -2.36. The molecule has 0 unspecified atom stereocenters. The van der Waals surface area contributed by atoms with Gasteiger partial charge < -0.3 is 14.2 Å². The van der Waals surface area contributed by atoms with Crippen molar-refractivity contribution in [3.05, 3.63) is 24.0 Å². The molecule has 0 aliphatic carbocycles. The van der Waals surface area contributed by atoms with Crippen LogP contribution in [0.15, 0.2) is 16.8 Å². The standard InChI is InChI=1S/C14H20N6O2/c1-10(13-16-11(2)18-22-13)19-6-8-20(9-7-19)14-15-5-4-12(17-14)21-3/h4-5,10H,6-9H2,1-3H3/t10-/m0/s1. The fourth-order valence-electron chi connectivity index (χ4n) is 2.55. The minimum absolute atomic E-state index is 0.120. The number of hydrogen-bond acceptors (Lipinski definition) is 8. The van der Waals surface area contributed by atoms with E-state index in [9.17, 15) is 0 Å². The molecular weight excluding hydrogens is 284 g/mol. The molecule has 0 N–H and O–H groups in total. The minimum Gasteiger partial charge on any atom is -0.481 e. The van der Waals surface area contributed by atoms with Gasteiger partial charge in [0, 0.05) is 38.4 Å². The Morgan fingerprint density at radius 1 is 1.23 bits per heavy atom. The molecule has 118 valence electrons. The van der Waals surface area contributed by atoms with Gasteiger partial charge in [0.1, 0.15) is 0 Å². The first-order valence-corrected chi connectivity index (χ1v) is 7.33. The Bertz CT molecular complexity index is 623. The average molecular weight is 304 g/mol. The largest absolute Gasteiger partial charge is 0.481 e. The summed E-state index contributed by atoms with van der Waals surface area (Å²) in [7, 11) is 1.61. The number of aryl methyl sites for hydroxylation is 1. The van der Waals surface area contributed by atoms with Crippen molar-refractivity contribution in [2.45, 2.75) is 19.9 Å². The van der Waals surface area contributed by atoms with Crippen molar-refractivity contribution in [3.63, 3.8) is 0 Å². The molecule has 8 nitrogen and oxygen atoms in total. The van der Waals surface area contributed by atoms with Gasteiger partial charge >= 0.3 is 0 Å². The van der Waals surface area contributed by atoms with Crippen LogP contribution in [-0.2, 0) is 0 Å². The van der Waals surface area contributed by atoms with E-state index in [0.29, 0.717) is 23.5 Å². The molecule has 2 aromatic heterocycles. The first-order valence-electron chi connectivity index (χ1n) is 7.33. The summed E-state index contributed by atoms with van der Waals surface area (Å²) in [5.74, 6) is 2.64. The molecule has 8 heteroatoms. The summed E-state index contributed by atoms with van der Waals surface area (Å²) < 4.78 is 10.4. The molecule has 1 aliphatic rings. The molecule has 0 radical (unpaired) electrons. The van der Waals surface area contributed by atoms with Gasteiger partial charge in [0.05, 0.1) is 13.2 Å². The Hall–Kier alpha value is -2.22. The number of hydrogen-bond donors (Lipinski definition) is 0. The molecule has 1 aliphatic heterocycles. The van der Waals surface area contributed by atoms with Crippen molar-refractivity contribution in [2.75, 3.05) is 38.2 Å². The van der Waals surface area contributed by atoms with Gasteiger partial charge in [0.25, 0.3) is 0 Å². The van der Waals surface area contributed by atoms with E-state index < -0.39 is 0 Å². The molecule has 1 atom stereocenters. The van der Waals surface area contributed by atoms with Gasteiger partial charge in [-0.05, 0) is 13.8 Å². The highest BCUT2D eigenvalue weighted by molar-refractivity contribution is 5.32. The number of nitrogens with zero attached hydrogens (tertiary/aromatic N) is 6.